The standard InChI is InChI=1S/C16H12F2N2O2/c1-2-22-16(21)14-9-20-8-10(3-4-15(20)19-14)11-5-12(17)7-13(18)6-11/h3-9H,2H2,1H3. The number of imidazole rings is 1. The van der Waals surface area contributed by atoms with Gasteiger partial charge in [-0.25, -0.2) is 18.6 Å². The van der Waals surface area contributed by atoms with Gasteiger partial charge in [0.25, 0.3) is 0 Å². The Morgan fingerprint density at radius 3 is 2.55 bits per heavy atom. The van der Waals surface area contributed by atoms with Gasteiger partial charge in [0.1, 0.15) is 17.3 Å². The van der Waals surface area contributed by atoms with Crippen molar-refractivity contribution in [3.05, 3.63) is 60.1 Å². The number of fused-ring (bicyclic) bond motifs is 1. The molecule has 0 aliphatic rings. The van der Waals surface area contributed by atoms with E-state index in [-0.39, 0.29) is 12.3 Å². The number of carbonyl (C=O) groups excluding carboxylic acids is 1. The van der Waals surface area contributed by atoms with E-state index in [4.69, 9.17) is 4.74 Å². The van der Waals surface area contributed by atoms with E-state index in [0.29, 0.717) is 16.8 Å². The van der Waals surface area contributed by atoms with Gasteiger partial charge in [0.05, 0.1) is 6.61 Å². The molecule has 3 aromatic rings. The summed E-state index contributed by atoms with van der Waals surface area (Å²) in [7, 11) is 0. The van der Waals surface area contributed by atoms with Crippen LogP contribution in [-0.2, 0) is 4.74 Å². The second kappa shape index (κ2) is 5.55. The summed E-state index contributed by atoms with van der Waals surface area (Å²) in [4.78, 5) is 15.8. The second-order valence-corrected chi connectivity index (χ2v) is 4.69. The average Bonchev–Trinajstić information content (AvgIpc) is 2.89. The van der Waals surface area contributed by atoms with Gasteiger partial charge in [0, 0.05) is 18.5 Å². The normalized spacial score (nSPS) is 10.9. The molecule has 6 heteroatoms. The van der Waals surface area contributed by atoms with Crippen LogP contribution in [0.3, 0.4) is 0 Å². The zero-order valence-corrected chi connectivity index (χ0v) is 11.7. The average molecular weight is 302 g/mol. The van der Waals surface area contributed by atoms with Crippen molar-refractivity contribution in [3.63, 3.8) is 0 Å². The quantitative estimate of drug-likeness (QED) is 0.696. The fourth-order valence-corrected chi connectivity index (χ4v) is 2.19. The highest BCUT2D eigenvalue weighted by atomic mass is 19.1. The van der Waals surface area contributed by atoms with Crippen molar-refractivity contribution < 1.29 is 18.3 Å². The van der Waals surface area contributed by atoms with Gasteiger partial charge >= 0.3 is 5.97 Å². The van der Waals surface area contributed by atoms with Gasteiger partial charge in [0.15, 0.2) is 5.69 Å². The highest BCUT2D eigenvalue weighted by Gasteiger charge is 2.12. The van der Waals surface area contributed by atoms with Crippen molar-refractivity contribution in [1.82, 2.24) is 9.38 Å². The first-order chi connectivity index (χ1) is 10.6. The Morgan fingerprint density at radius 2 is 1.86 bits per heavy atom. The molecular formula is C16H12F2N2O2. The molecule has 22 heavy (non-hydrogen) atoms. The Labute approximate surface area is 125 Å². The molecular weight excluding hydrogens is 290 g/mol. The number of benzene rings is 1. The molecule has 0 saturated heterocycles. The lowest BCUT2D eigenvalue weighted by atomic mass is 10.1. The molecule has 2 aromatic heterocycles. The Kier molecular flexibility index (Phi) is 3.58. The summed E-state index contributed by atoms with van der Waals surface area (Å²) in [6.45, 7) is 1.98. The molecule has 3 rings (SSSR count). The third-order valence-corrected chi connectivity index (χ3v) is 3.13. The monoisotopic (exact) mass is 302 g/mol. The third-order valence-electron chi connectivity index (χ3n) is 3.13. The highest BCUT2D eigenvalue weighted by molar-refractivity contribution is 5.88. The predicted octanol–water partition coefficient (Wildman–Crippen LogP) is 3.46. The first-order valence-corrected chi connectivity index (χ1v) is 6.69. The molecule has 0 aliphatic heterocycles. The number of rotatable bonds is 3. The van der Waals surface area contributed by atoms with Crippen LogP contribution in [0.1, 0.15) is 17.4 Å². The van der Waals surface area contributed by atoms with Crippen LogP contribution in [0.25, 0.3) is 16.8 Å². The van der Waals surface area contributed by atoms with E-state index in [9.17, 15) is 13.6 Å². The van der Waals surface area contributed by atoms with Crippen LogP contribution >= 0.6 is 0 Å². The number of halogens is 2. The molecule has 112 valence electrons. The van der Waals surface area contributed by atoms with Crippen LogP contribution < -0.4 is 0 Å². The number of carbonyl (C=O) groups is 1. The first-order valence-electron chi connectivity index (χ1n) is 6.69. The lowest BCUT2D eigenvalue weighted by Gasteiger charge is -2.03. The number of hydrogen-bond acceptors (Lipinski definition) is 3. The molecule has 1 aromatic carbocycles. The maximum absolute atomic E-state index is 13.3. The minimum atomic E-state index is -0.645. The smallest absolute Gasteiger partial charge is 0.358 e. The molecule has 2 heterocycles. The molecule has 0 amide bonds. The van der Waals surface area contributed by atoms with Gasteiger partial charge in [0.2, 0.25) is 0 Å². The molecule has 0 saturated carbocycles. The number of esters is 1. The topological polar surface area (TPSA) is 43.6 Å². The zero-order chi connectivity index (χ0) is 15.7. The van der Waals surface area contributed by atoms with Gasteiger partial charge in [-0.2, -0.15) is 0 Å². The summed E-state index contributed by atoms with van der Waals surface area (Å²) in [5.41, 5.74) is 1.75. The largest absolute Gasteiger partial charge is 0.461 e. The molecule has 0 fully saturated rings. The summed E-state index contributed by atoms with van der Waals surface area (Å²) >= 11 is 0. The fraction of sp³-hybridized carbons (Fsp3) is 0.125. The van der Waals surface area contributed by atoms with Crippen molar-refractivity contribution in [2.24, 2.45) is 0 Å². The van der Waals surface area contributed by atoms with Crippen molar-refractivity contribution in [2.75, 3.05) is 6.61 Å². The fourth-order valence-electron chi connectivity index (χ4n) is 2.19. The van der Waals surface area contributed by atoms with Crippen LogP contribution in [0.2, 0.25) is 0 Å². The molecule has 0 bridgehead atoms. The van der Waals surface area contributed by atoms with E-state index in [1.54, 1.807) is 29.7 Å². The molecule has 0 spiro atoms. The van der Waals surface area contributed by atoms with E-state index in [2.05, 4.69) is 4.98 Å². The van der Waals surface area contributed by atoms with Crippen LogP contribution in [0.5, 0.6) is 0 Å². The van der Waals surface area contributed by atoms with Crippen molar-refractivity contribution in [2.45, 2.75) is 6.92 Å². The summed E-state index contributed by atoms with van der Waals surface area (Å²) in [6, 6.07) is 6.66. The van der Waals surface area contributed by atoms with Crippen LogP contribution in [0.15, 0.2) is 42.7 Å². The Balaban J connectivity index is 2.04. The minimum absolute atomic E-state index is 0.185. The van der Waals surface area contributed by atoms with Crippen LogP contribution in [0.4, 0.5) is 8.78 Å². The Morgan fingerprint density at radius 1 is 1.14 bits per heavy atom. The van der Waals surface area contributed by atoms with Crippen LogP contribution in [-0.4, -0.2) is 22.0 Å². The number of ether oxygens (including phenoxy) is 1. The number of hydrogen-bond donors (Lipinski definition) is 0. The van der Waals surface area contributed by atoms with E-state index in [0.717, 1.165) is 6.07 Å². The number of aromatic nitrogens is 2. The summed E-state index contributed by atoms with van der Waals surface area (Å²) in [6.07, 6.45) is 3.17. The first kappa shape index (κ1) is 14.2. The van der Waals surface area contributed by atoms with E-state index < -0.39 is 17.6 Å². The zero-order valence-electron chi connectivity index (χ0n) is 11.7. The lowest BCUT2D eigenvalue weighted by Crippen LogP contribution is -2.04. The highest BCUT2D eigenvalue weighted by Crippen LogP contribution is 2.22. The van der Waals surface area contributed by atoms with Gasteiger partial charge in [-0.1, -0.05) is 0 Å². The van der Waals surface area contributed by atoms with Gasteiger partial charge in [-0.3, -0.25) is 0 Å². The Bertz CT molecular complexity index is 838. The molecule has 4 nitrogen and oxygen atoms in total. The Hall–Kier alpha value is -2.76. The maximum atomic E-state index is 13.3. The summed E-state index contributed by atoms with van der Waals surface area (Å²) < 4.78 is 33.1. The van der Waals surface area contributed by atoms with E-state index >= 15 is 0 Å². The SMILES string of the molecule is CCOC(=O)c1cn2cc(-c3cc(F)cc(F)c3)ccc2n1. The molecule has 0 radical (unpaired) electrons. The van der Waals surface area contributed by atoms with Crippen molar-refractivity contribution in [1.29, 1.82) is 0 Å². The number of pyridine rings is 1. The van der Waals surface area contributed by atoms with Gasteiger partial charge < -0.3 is 9.14 Å². The summed E-state index contributed by atoms with van der Waals surface area (Å²) in [5, 5.41) is 0. The minimum Gasteiger partial charge on any atom is -0.461 e. The number of nitrogens with zero attached hydrogens (tertiary/aromatic N) is 2. The van der Waals surface area contributed by atoms with Crippen molar-refractivity contribution in [3.8, 4) is 11.1 Å². The summed E-state index contributed by atoms with van der Waals surface area (Å²) in [5.74, 6) is -1.80. The van der Waals surface area contributed by atoms with E-state index in [1.807, 2.05) is 0 Å². The predicted molar refractivity (Wildman–Crippen MR) is 76.5 cm³/mol. The molecule has 0 unspecified atom stereocenters. The second-order valence-electron chi connectivity index (χ2n) is 4.69. The van der Waals surface area contributed by atoms with Crippen LogP contribution in [0, 0.1) is 11.6 Å². The third kappa shape index (κ3) is 2.67. The van der Waals surface area contributed by atoms with Gasteiger partial charge in [-0.15, -0.1) is 0 Å². The van der Waals surface area contributed by atoms with Gasteiger partial charge in [-0.05, 0) is 42.3 Å². The lowest BCUT2D eigenvalue weighted by molar-refractivity contribution is 0.0520. The van der Waals surface area contributed by atoms with E-state index in [1.165, 1.54) is 18.3 Å². The van der Waals surface area contributed by atoms with Crippen molar-refractivity contribution >= 4 is 11.6 Å². The molecule has 0 atom stereocenters. The molecule has 0 N–H and O–H groups in total. The molecule has 0 aliphatic carbocycles. The maximum Gasteiger partial charge on any atom is 0.358 e.